The molecule has 0 unspecified atom stereocenters. The molecule has 1 aliphatic rings. The van der Waals surface area contributed by atoms with Crippen LogP contribution in [0.1, 0.15) is 52.9 Å². The van der Waals surface area contributed by atoms with Gasteiger partial charge in [-0.15, -0.1) is 5.10 Å². The quantitative estimate of drug-likeness (QED) is 0.561. The lowest BCUT2D eigenvalue weighted by Gasteiger charge is -2.40. The predicted molar refractivity (Wildman–Crippen MR) is 121 cm³/mol. The highest BCUT2D eigenvalue weighted by atomic mass is 16.5. The second-order valence-electron chi connectivity index (χ2n) is 8.11. The van der Waals surface area contributed by atoms with Gasteiger partial charge in [-0.05, 0) is 56.0 Å². The number of likely N-dealkylation sites (tertiary alicyclic amines) is 1. The summed E-state index contributed by atoms with van der Waals surface area (Å²) >= 11 is 0. The second-order valence-corrected chi connectivity index (χ2v) is 8.11. The van der Waals surface area contributed by atoms with E-state index in [1.165, 1.54) is 7.11 Å². The molecule has 1 aliphatic heterocycles. The third-order valence-electron chi connectivity index (χ3n) is 6.24. The number of rotatable bonds is 7. The number of nitrogens with zero attached hydrogens (tertiary/aromatic N) is 3. The van der Waals surface area contributed by atoms with Gasteiger partial charge in [-0.2, -0.15) is 0 Å². The van der Waals surface area contributed by atoms with E-state index in [0.717, 1.165) is 52.9 Å². The number of fused-ring (bicyclic) bond motifs is 1. The van der Waals surface area contributed by atoms with Gasteiger partial charge in [0.05, 0.1) is 31.4 Å². The molecule has 2 aromatic carbocycles. The van der Waals surface area contributed by atoms with Gasteiger partial charge in [0.25, 0.3) is 0 Å². The molecule has 3 aromatic rings. The Balaban J connectivity index is 1.67. The molecule has 8 heteroatoms. The van der Waals surface area contributed by atoms with Crippen molar-refractivity contribution in [3.8, 4) is 5.75 Å². The van der Waals surface area contributed by atoms with Crippen LogP contribution in [0.25, 0.3) is 11.0 Å². The minimum Gasteiger partial charge on any atom is -0.496 e. The van der Waals surface area contributed by atoms with Gasteiger partial charge in [0.2, 0.25) is 0 Å². The van der Waals surface area contributed by atoms with Crippen LogP contribution in [0.4, 0.5) is 0 Å². The summed E-state index contributed by atoms with van der Waals surface area (Å²) in [5, 5.41) is 11.4. The lowest BCUT2D eigenvalue weighted by Crippen LogP contribution is -2.39. The monoisotopic (exact) mass is 438 g/mol. The minimum atomic E-state index is -0.331. The van der Waals surface area contributed by atoms with Crippen LogP contribution in [-0.2, 0) is 16.0 Å². The molecule has 1 N–H and O–H groups in total. The molecule has 0 spiro atoms. The Hall–Kier alpha value is -2.97. The van der Waals surface area contributed by atoms with E-state index < -0.39 is 0 Å². The van der Waals surface area contributed by atoms with Gasteiger partial charge >= 0.3 is 5.97 Å². The van der Waals surface area contributed by atoms with Crippen LogP contribution in [0.2, 0.25) is 0 Å². The number of methoxy groups -OCH3 is 2. The highest BCUT2D eigenvalue weighted by Crippen LogP contribution is 2.37. The van der Waals surface area contributed by atoms with Crippen molar-refractivity contribution in [1.82, 2.24) is 20.3 Å². The van der Waals surface area contributed by atoms with E-state index in [1.807, 2.05) is 44.2 Å². The van der Waals surface area contributed by atoms with E-state index >= 15 is 0 Å². The summed E-state index contributed by atoms with van der Waals surface area (Å²) in [6.45, 7) is 6.31. The van der Waals surface area contributed by atoms with Gasteiger partial charge in [0.1, 0.15) is 11.3 Å². The number of carbonyl (C=O) groups is 1. The summed E-state index contributed by atoms with van der Waals surface area (Å²) in [6, 6.07) is 9.84. The zero-order chi connectivity index (χ0) is 22.7. The van der Waals surface area contributed by atoms with E-state index in [9.17, 15) is 4.79 Å². The zero-order valence-electron chi connectivity index (χ0n) is 19.1. The Morgan fingerprint density at radius 2 is 2.03 bits per heavy atom. The summed E-state index contributed by atoms with van der Waals surface area (Å²) in [7, 11) is 3.08. The zero-order valence-corrected chi connectivity index (χ0v) is 19.1. The molecule has 1 saturated heterocycles. The summed E-state index contributed by atoms with van der Waals surface area (Å²) in [6.07, 6.45) is 2.04. The molecular formula is C24H30N4O4. The third-order valence-corrected chi connectivity index (χ3v) is 6.24. The Bertz CT molecular complexity index is 1080. The molecule has 0 amide bonds. The smallest absolute Gasteiger partial charge is 0.337 e. The maximum Gasteiger partial charge on any atom is 0.337 e. The molecule has 2 heterocycles. The predicted octanol–water partition coefficient (Wildman–Crippen LogP) is 3.80. The average Bonchev–Trinajstić information content (AvgIpc) is 3.32. The first kappa shape index (κ1) is 22.2. The van der Waals surface area contributed by atoms with Crippen molar-refractivity contribution >= 4 is 17.0 Å². The van der Waals surface area contributed by atoms with Crippen LogP contribution in [0.3, 0.4) is 0 Å². The number of aromatic amines is 1. The van der Waals surface area contributed by atoms with E-state index in [-0.39, 0.29) is 18.1 Å². The largest absolute Gasteiger partial charge is 0.496 e. The van der Waals surface area contributed by atoms with Crippen molar-refractivity contribution in [3.05, 3.63) is 52.6 Å². The number of aromatic nitrogens is 3. The summed E-state index contributed by atoms with van der Waals surface area (Å²) in [4.78, 5) is 14.3. The molecule has 1 fully saturated rings. The van der Waals surface area contributed by atoms with Crippen LogP contribution in [0, 0.1) is 6.92 Å². The van der Waals surface area contributed by atoms with Gasteiger partial charge in [0.15, 0.2) is 0 Å². The van der Waals surface area contributed by atoms with Gasteiger partial charge in [-0.1, -0.05) is 17.3 Å². The number of H-pyrrole nitrogens is 1. The van der Waals surface area contributed by atoms with E-state index in [2.05, 4.69) is 20.3 Å². The number of ether oxygens (including phenoxy) is 3. The molecule has 0 saturated carbocycles. The topological polar surface area (TPSA) is 89.6 Å². The van der Waals surface area contributed by atoms with Crippen molar-refractivity contribution in [1.29, 1.82) is 0 Å². The normalized spacial score (nSPS) is 19.2. The third kappa shape index (κ3) is 4.33. The molecule has 1 aromatic heterocycles. The van der Waals surface area contributed by atoms with Gasteiger partial charge in [-0.25, -0.2) is 4.79 Å². The second kappa shape index (κ2) is 9.67. The van der Waals surface area contributed by atoms with Crippen LogP contribution < -0.4 is 4.74 Å². The average molecular weight is 439 g/mol. The Kier molecular flexibility index (Phi) is 6.72. The van der Waals surface area contributed by atoms with Crippen molar-refractivity contribution in [3.63, 3.8) is 0 Å². The first-order valence-corrected chi connectivity index (χ1v) is 11.0. The first-order valence-electron chi connectivity index (χ1n) is 11.0. The van der Waals surface area contributed by atoms with Crippen molar-refractivity contribution in [2.75, 3.05) is 27.4 Å². The Morgan fingerprint density at radius 1 is 1.25 bits per heavy atom. The number of piperidine rings is 1. The highest BCUT2D eigenvalue weighted by molar-refractivity contribution is 5.89. The van der Waals surface area contributed by atoms with Crippen molar-refractivity contribution in [2.24, 2.45) is 0 Å². The fraction of sp³-hybridized carbons (Fsp3) is 0.458. The van der Waals surface area contributed by atoms with Crippen LogP contribution >= 0.6 is 0 Å². The Morgan fingerprint density at radius 3 is 2.72 bits per heavy atom. The van der Waals surface area contributed by atoms with Crippen molar-refractivity contribution in [2.45, 2.75) is 45.4 Å². The minimum absolute atomic E-state index is 0.139. The van der Waals surface area contributed by atoms with E-state index in [0.29, 0.717) is 18.7 Å². The van der Waals surface area contributed by atoms with E-state index in [1.54, 1.807) is 7.11 Å². The van der Waals surface area contributed by atoms with E-state index in [4.69, 9.17) is 14.2 Å². The van der Waals surface area contributed by atoms with Crippen molar-refractivity contribution < 1.29 is 19.0 Å². The van der Waals surface area contributed by atoms with Crippen LogP contribution in [-0.4, -0.2) is 59.8 Å². The number of nitrogens with one attached hydrogen (secondary N) is 1. The van der Waals surface area contributed by atoms with Gasteiger partial charge < -0.3 is 14.2 Å². The number of benzene rings is 2. The lowest BCUT2D eigenvalue weighted by molar-refractivity contribution is -0.0138. The maximum atomic E-state index is 11.9. The fourth-order valence-electron chi connectivity index (χ4n) is 4.59. The molecule has 0 radical (unpaired) electrons. The number of hydrogen-bond acceptors (Lipinski definition) is 7. The molecular weight excluding hydrogens is 408 g/mol. The lowest BCUT2D eigenvalue weighted by atomic mass is 9.91. The molecule has 32 heavy (non-hydrogen) atoms. The van der Waals surface area contributed by atoms with Gasteiger partial charge in [-0.3, -0.25) is 10.00 Å². The molecule has 170 valence electrons. The SMILES string of the molecule is CCO[C@H]1CCN(Cc2c(OC)cc(C)c3[nH]nnc23)[C@H](c2ccc(C(=O)OC)cc2)C1. The molecule has 8 nitrogen and oxygen atoms in total. The Labute approximate surface area is 187 Å². The first-order chi connectivity index (χ1) is 15.5. The molecule has 0 bridgehead atoms. The standard InChI is InChI=1S/C24H30N4O4/c1-5-32-18-10-11-28(20(13-18)16-6-8-17(9-7-16)24(29)31-4)14-19-21(30-3)12-15(2)22-23(19)26-27-25-22/h6-9,12,18,20H,5,10-11,13-14H2,1-4H3,(H,25,26,27)/t18-,20-/m0/s1. The highest BCUT2D eigenvalue weighted by Gasteiger charge is 2.31. The van der Waals surface area contributed by atoms with Crippen LogP contribution in [0.15, 0.2) is 30.3 Å². The maximum absolute atomic E-state index is 11.9. The van der Waals surface area contributed by atoms with Crippen LogP contribution in [0.5, 0.6) is 5.75 Å². The number of aryl methyl sites for hydroxylation is 1. The number of carbonyl (C=O) groups excluding carboxylic acids is 1. The fourth-order valence-corrected chi connectivity index (χ4v) is 4.59. The summed E-state index contributed by atoms with van der Waals surface area (Å²) < 4.78 is 16.5. The molecule has 0 aliphatic carbocycles. The number of hydrogen-bond donors (Lipinski definition) is 1. The number of esters is 1. The molecule has 2 atom stereocenters. The summed E-state index contributed by atoms with van der Waals surface area (Å²) in [5.41, 5.74) is 5.54. The molecule has 4 rings (SSSR count). The van der Waals surface area contributed by atoms with Gasteiger partial charge in [0, 0.05) is 31.3 Å². The summed E-state index contributed by atoms with van der Waals surface area (Å²) in [5.74, 6) is 0.484.